The number of nitrogens with one attached hydrogen (secondary N) is 3. The molecule has 0 aliphatic heterocycles. The molecule has 2 amide bonds. The molecule has 0 bridgehead atoms. The number of carbonyl (C=O) groups excluding carboxylic acids is 1. The van der Waals surface area contributed by atoms with Gasteiger partial charge < -0.3 is 10.4 Å². The fourth-order valence-corrected chi connectivity index (χ4v) is 1.54. The van der Waals surface area contributed by atoms with Crippen molar-refractivity contribution in [1.29, 1.82) is 0 Å². The lowest BCUT2D eigenvalue weighted by molar-refractivity contribution is 0.148. The van der Waals surface area contributed by atoms with Crippen molar-refractivity contribution in [2.45, 2.75) is 26.7 Å². The van der Waals surface area contributed by atoms with Gasteiger partial charge in [0.1, 0.15) is 0 Å². The van der Waals surface area contributed by atoms with E-state index in [0.29, 0.717) is 6.54 Å². The van der Waals surface area contributed by atoms with Crippen LogP contribution in [0.1, 0.15) is 26.7 Å². The predicted molar refractivity (Wildman–Crippen MR) is 76.7 cm³/mol. The number of carbonyl (C=O) groups is 1. The molecule has 1 aromatic rings. The quantitative estimate of drug-likeness (QED) is 0.450. The van der Waals surface area contributed by atoms with Crippen molar-refractivity contribution in [2.24, 2.45) is 5.41 Å². The van der Waals surface area contributed by atoms with Crippen LogP contribution in [0.15, 0.2) is 30.3 Å². The van der Waals surface area contributed by atoms with Crippen LogP contribution in [-0.4, -0.2) is 24.3 Å². The average Bonchev–Trinajstić information content (AvgIpc) is 2.42. The first-order valence-corrected chi connectivity index (χ1v) is 6.49. The Morgan fingerprint density at radius 1 is 1.26 bits per heavy atom. The largest absolute Gasteiger partial charge is 0.396 e. The Kier molecular flexibility index (Phi) is 6.15. The van der Waals surface area contributed by atoms with Gasteiger partial charge >= 0.3 is 6.03 Å². The summed E-state index contributed by atoms with van der Waals surface area (Å²) in [5.41, 5.74) is 6.12. The zero-order valence-electron chi connectivity index (χ0n) is 11.6. The van der Waals surface area contributed by atoms with E-state index in [1.807, 2.05) is 44.2 Å². The van der Waals surface area contributed by atoms with Crippen molar-refractivity contribution in [3.8, 4) is 0 Å². The minimum atomic E-state index is -0.259. The molecule has 0 fully saturated rings. The fraction of sp³-hybridized carbons (Fsp3) is 0.500. The van der Waals surface area contributed by atoms with Gasteiger partial charge in [-0.05, 0) is 30.4 Å². The smallest absolute Gasteiger partial charge is 0.333 e. The lowest BCUT2D eigenvalue weighted by atomic mass is 9.89. The number of amides is 2. The van der Waals surface area contributed by atoms with Gasteiger partial charge in [0, 0.05) is 13.2 Å². The molecule has 0 radical (unpaired) electrons. The number of hydrazine groups is 1. The molecule has 5 nitrogen and oxygen atoms in total. The van der Waals surface area contributed by atoms with E-state index in [4.69, 9.17) is 5.11 Å². The summed E-state index contributed by atoms with van der Waals surface area (Å²) in [6.07, 6.45) is 1.71. The molecule has 0 unspecified atom stereocenters. The number of benzene rings is 1. The Labute approximate surface area is 114 Å². The highest BCUT2D eigenvalue weighted by molar-refractivity contribution is 5.75. The molecule has 0 aromatic heterocycles. The van der Waals surface area contributed by atoms with E-state index in [2.05, 4.69) is 16.2 Å². The van der Waals surface area contributed by atoms with E-state index >= 15 is 0 Å². The number of urea groups is 1. The SMILES string of the molecule is CC(C)(CO)CCCNC(=O)NNc1ccccc1. The van der Waals surface area contributed by atoms with Gasteiger partial charge in [-0.15, -0.1) is 0 Å². The van der Waals surface area contributed by atoms with Crippen LogP contribution in [-0.2, 0) is 0 Å². The summed E-state index contributed by atoms with van der Waals surface area (Å²) in [6.45, 7) is 4.76. The van der Waals surface area contributed by atoms with Crippen LogP contribution in [0.5, 0.6) is 0 Å². The van der Waals surface area contributed by atoms with E-state index in [1.165, 1.54) is 0 Å². The second kappa shape index (κ2) is 7.63. The van der Waals surface area contributed by atoms with Crippen molar-refractivity contribution >= 4 is 11.7 Å². The summed E-state index contributed by atoms with van der Waals surface area (Å²) >= 11 is 0. The predicted octanol–water partition coefficient (Wildman–Crippen LogP) is 2.11. The molecule has 5 heteroatoms. The number of para-hydroxylation sites is 1. The molecule has 1 aromatic carbocycles. The third-order valence-corrected chi connectivity index (χ3v) is 2.84. The van der Waals surface area contributed by atoms with Gasteiger partial charge in [-0.1, -0.05) is 32.0 Å². The van der Waals surface area contributed by atoms with Crippen molar-refractivity contribution in [1.82, 2.24) is 10.7 Å². The van der Waals surface area contributed by atoms with Gasteiger partial charge in [-0.25, -0.2) is 4.79 Å². The monoisotopic (exact) mass is 265 g/mol. The first-order valence-electron chi connectivity index (χ1n) is 6.49. The maximum absolute atomic E-state index is 11.5. The van der Waals surface area contributed by atoms with Gasteiger partial charge in [0.15, 0.2) is 0 Å². The Morgan fingerprint density at radius 2 is 1.95 bits per heavy atom. The van der Waals surface area contributed by atoms with Gasteiger partial charge in [0.2, 0.25) is 0 Å². The fourth-order valence-electron chi connectivity index (χ4n) is 1.54. The number of anilines is 1. The zero-order chi connectivity index (χ0) is 14.1. The molecule has 0 atom stereocenters. The lowest BCUT2D eigenvalue weighted by Gasteiger charge is -2.21. The average molecular weight is 265 g/mol. The van der Waals surface area contributed by atoms with E-state index in [-0.39, 0.29) is 18.1 Å². The summed E-state index contributed by atoms with van der Waals surface area (Å²) in [7, 11) is 0. The van der Waals surface area contributed by atoms with E-state index in [0.717, 1.165) is 18.5 Å². The summed E-state index contributed by atoms with van der Waals surface area (Å²) < 4.78 is 0. The van der Waals surface area contributed by atoms with Gasteiger partial charge in [0.05, 0.1) is 5.69 Å². The minimum absolute atomic E-state index is 0.0829. The van der Waals surface area contributed by atoms with Crippen LogP contribution in [0.25, 0.3) is 0 Å². The number of hydrogen-bond donors (Lipinski definition) is 4. The first kappa shape index (κ1) is 15.3. The second-order valence-corrected chi connectivity index (χ2v) is 5.30. The van der Waals surface area contributed by atoms with Crippen LogP contribution < -0.4 is 16.2 Å². The lowest BCUT2D eigenvalue weighted by Crippen LogP contribution is -2.39. The van der Waals surface area contributed by atoms with E-state index in [1.54, 1.807) is 0 Å². The standard InChI is InChI=1S/C14H23N3O2/c1-14(2,11-18)9-6-10-15-13(19)17-16-12-7-4-3-5-8-12/h3-5,7-8,16,18H,6,9-11H2,1-2H3,(H2,15,17,19). The minimum Gasteiger partial charge on any atom is -0.396 e. The molecule has 0 saturated heterocycles. The third-order valence-electron chi connectivity index (χ3n) is 2.84. The summed E-state index contributed by atoms with van der Waals surface area (Å²) in [5.74, 6) is 0. The summed E-state index contributed by atoms with van der Waals surface area (Å²) in [5, 5.41) is 11.9. The topological polar surface area (TPSA) is 73.4 Å². The van der Waals surface area contributed by atoms with Gasteiger partial charge in [-0.3, -0.25) is 10.9 Å². The van der Waals surface area contributed by atoms with Crippen LogP contribution in [0.4, 0.5) is 10.5 Å². The molecule has 19 heavy (non-hydrogen) atoms. The molecular weight excluding hydrogens is 242 g/mol. The Bertz CT molecular complexity index is 380. The highest BCUT2D eigenvalue weighted by Crippen LogP contribution is 2.20. The Balaban J connectivity index is 2.12. The Morgan fingerprint density at radius 3 is 2.58 bits per heavy atom. The molecule has 0 aliphatic rings. The third kappa shape index (κ3) is 6.67. The van der Waals surface area contributed by atoms with E-state index < -0.39 is 0 Å². The molecule has 0 spiro atoms. The van der Waals surface area contributed by atoms with Crippen LogP contribution >= 0.6 is 0 Å². The second-order valence-electron chi connectivity index (χ2n) is 5.30. The summed E-state index contributed by atoms with van der Waals surface area (Å²) in [6, 6.07) is 9.16. The maximum Gasteiger partial charge on any atom is 0.333 e. The van der Waals surface area contributed by atoms with Crippen LogP contribution in [0.2, 0.25) is 0 Å². The molecule has 4 N–H and O–H groups in total. The Hall–Kier alpha value is -1.75. The van der Waals surface area contributed by atoms with Crippen LogP contribution in [0.3, 0.4) is 0 Å². The molecule has 0 heterocycles. The normalized spacial score (nSPS) is 10.9. The maximum atomic E-state index is 11.5. The van der Waals surface area contributed by atoms with Gasteiger partial charge in [-0.2, -0.15) is 0 Å². The first-order chi connectivity index (χ1) is 9.03. The number of hydrogen-bond acceptors (Lipinski definition) is 3. The molecule has 106 valence electrons. The number of aliphatic hydroxyl groups excluding tert-OH is 1. The highest BCUT2D eigenvalue weighted by Gasteiger charge is 2.15. The number of aliphatic hydroxyl groups is 1. The molecule has 1 rings (SSSR count). The van der Waals surface area contributed by atoms with Crippen molar-refractivity contribution < 1.29 is 9.90 Å². The van der Waals surface area contributed by atoms with Gasteiger partial charge in [0.25, 0.3) is 0 Å². The van der Waals surface area contributed by atoms with Crippen molar-refractivity contribution in [3.05, 3.63) is 30.3 Å². The number of rotatable bonds is 7. The highest BCUT2D eigenvalue weighted by atomic mass is 16.3. The van der Waals surface area contributed by atoms with E-state index in [9.17, 15) is 4.79 Å². The molecule has 0 saturated carbocycles. The van der Waals surface area contributed by atoms with Crippen molar-refractivity contribution in [3.63, 3.8) is 0 Å². The summed E-state index contributed by atoms with van der Waals surface area (Å²) in [4.78, 5) is 11.5. The molecular formula is C14H23N3O2. The zero-order valence-corrected chi connectivity index (χ0v) is 11.6. The van der Waals surface area contributed by atoms with Crippen LogP contribution in [0, 0.1) is 5.41 Å². The molecule has 0 aliphatic carbocycles. The van der Waals surface area contributed by atoms with Crippen molar-refractivity contribution in [2.75, 3.05) is 18.6 Å².